The molecular formula is C21H21ClFN3O2S. The Morgan fingerprint density at radius 1 is 1.24 bits per heavy atom. The van der Waals surface area contributed by atoms with Crippen LogP contribution in [0.3, 0.4) is 0 Å². The molecule has 1 atom stereocenters. The van der Waals surface area contributed by atoms with Gasteiger partial charge in [-0.2, -0.15) is 11.8 Å². The highest BCUT2D eigenvalue weighted by molar-refractivity contribution is 8.00. The second-order valence-corrected chi connectivity index (χ2v) is 9.36. The standard InChI is InChI=1S/C21H21ClFN3O2S/c1-21(12-27)11-19-24-25-20(26(19)7-8-29-21)15-5-3-14(10-18(15)28-2)13-4-6-17(23)16(22)9-13/h3-6,9-10,27H,7-8,11-12H2,1-2H3. The van der Waals surface area contributed by atoms with E-state index in [2.05, 4.69) is 14.8 Å². The van der Waals surface area contributed by atoms with Gasteiger partial charge in [-0.25, -0.2) is 4.39 Å². The molecule has 8 heteroatoms. The lowest BCUT2D eigenvalue weighted by Gasteiger charge is -2.23. The summed E-state index contributed by atoms with van der Waals surface area (Å²) in [4.78, 5) is 0. The number of aliphatic hydroxyl groups excluding tert-OH is 1. The Balaban J connectivity index is 1.74. The average Bonchev–Trinajstić information content (AvgIpc) is 3.02. The van der Waals surface area contributed by atoms with E-state index in [1.54, 1.807) is 31.0 Å². The molecule has 152 valence electrons. The first-order valence-electron chi connectivity index (χ1n) is 9.25. The van der Waals surface area contributed by atoms with Crippen molar-refractivity contribution in [1.29, 1.82) is 0 Å². The van der Waals surface area contributed by atoms with E-state index in [0.717, 1.165) is 40.6 Å². The molecule has 1 N–H and O–H groups in total. The molecule has 4 rings (SSSR count). The number of methoxy groups -OCH3 is 1. The third-order valence-corrected chi connectivity index (χ3v) is 6.80. The van der Waals surface area contributed by atoms with E-state index in [9.17, 15) is 9.50 Å². The van der Waals surface area contributed by atoms with Gasteiger partial charge in [0.2, 0.25) is 0 Å². The molecular weight excluding hydrogens is 413 g/mol. The van der Waals surface area contributed by atoms with E-state index < -0.39 is 5.82 Å². The fourth-order valence-electron chi connectivity index (χ4n) is 3.50. The molecule has 0 spiro atoms. The zero-order valence-corrected chi connectivity index (χ0v) is 17.7. The molecule has 0 radical (unpaired) electrons. The first-order chi connectivity index (χ1) is 13.9. The normalized spacial score (nSPS) is 18.9. The molecule has 0 saturated heterocycles. The van der Waals surface area contributed by atoms with Crippen LogP contribution in [-0.2, 0) is 13.0 Å². The van der Waals surface area contributed by atoms with Crippen LogP contribution < -0.4 is 4.74 Å². The molecule has 0 saturated carbocycles. The first kappa shape index (κ1) is 20.2. The minimum Gasteiger partial charge on any atom is -0.496 e. The number of nitrogens with zero attached hydrogens (tertiary/aromatic N) is 3. The molecule has 2 aromatic carbocycles. The molecule has 1 aromatic heterocycles. The van der Waals surface area contributed by atoms with Gasteiger partial charge in [-0.05, 0) is 42.3 Å². The van der Waals surface area contributed by atoms with Gasteiger partial charge in [-0.3, -0.25) is 0 Å². The predicted octanol–water partition coefficient (Wildman–Crippen LogP) is 4.45. The average molecular weight is 434 g/mol. The van der Waals surface area contributed by atoms with E-state index in [1.807, 2.05) is 25.1 Å². The van der Waals surface area contributed by atoms with Crippen LogP contribution in [-0.4, -0.2) is 44.1 Å². The van der Waals surface area contributed by atoms with Crippen LogP contribution in [0.4, 0.5) is 4.39 Å². The van der Waals surface area contributed by atoms with Crippen LogP contribution in [0.2, 0.25) is 5.02 Å². The van der Waals surface area contributed by atoms with Crippen LogP contribution in [0.1, 0.15) is 12.7 Å². The largest absolute Gasteiger partial charge is 0.496 e. The van der Waals surface area contributed by atoms with Crippen molar-refractivity contribution in [3.63, 3.8) is 0 Å². The minimum atomic E-state index is -0.446. The highest BCUT2D eigenvalue weighted by Gasteiger charge is 2.31. The van der Waals surface area contributed by atoms with Crippen LogP contribution >= 0.6 is 23.4 Å². The topological polar surface area (TPSA) is 60.2 Å². The molecule has 0 amide bonds. The van der Waals surface area contributed by atoms with Crippen molar-refractivity contribution in [2.45, 2.75) is 24.6 Å². The van der Waals surface area contributed by atoms with Crippen molar-refractivity contribution in [3.05, 3.63) is 53.1 Å². The summed E-state index contributed by atoms with van der Waals surface area (Å²) in [7, 11) is 1.61. The summed E-state index contributed by atoms with van der Waals surface area (Å²) < 4.78 is 21.0. The number of benzene rings is 2. The fraction of sp³-hybridized carbons (Fsp3) is 0.333. The van der Waals surface area contributed by atoms with Crippen molar-refractivity contribution in [1.82, 2.24) is 14.8 Å². The van der Waals surface area contributed by atoms with Crippen molar-refractivity contribution in [2.24, 2.45) is 0 Å². The van der Waals surface area contributed by atoms with Gasteiger partial charge in [0.05, 0.1) is 24.3 Å². The number of fused-ring (bicyclic) bond motifs is 1. The van der Waals surface area contributed by atoms with E-state index in [0.29, 0.717) is 12.2 Å². The van der Waals surface area contributed by atoms with E-state index in [1.165, 1.54) is 6.07 Å². The summed E-state index contributed by atoms with van der Waals surface area (Å²) in [5.41, 5.74) is 2.50. The maximum absolute atomic E-state index is 13.5. The van der Waals surface area contributed by atoms with Crippen LogP contribution in [0.15, 0.2) is 36.4 Å². The fourth-order valence-corrected chi connectivity index (χ4v) is 4.77. The quantitative estimate of drug-likeness (QED) is 0.658. The molecule has 1 unspecified atom stereocenters. The Bertz CT molecular complexity index is 1060. The number of halogens is 2. The monoisotopic (exact) mass is 433 g/mol. The highest BCUT2D eigenvalue weighted by atomic mass is 35.5. The molecule has 0 bridgehead atoms. The van der Waals surface area contributed by atoms with Gasteiger partial charge in [-0.1, -0.05) is 23.7 Å². The second kappa shape index (κ2) is 7.97. The Labute approximate surface area is 177 Å². The van der Waals surface area contributed by atoms with Gasteiger partial charge in [0, 0.05) is 23.5 Å². The van der Waals surface area contributed by atoms with Gasteiger partial charge in [0.25, 0.3) is 0 Å². The SMILES string of the molecule is COc1cc(-c2ccc(F)c(Cl)c2)ccc1-c1nnc2n1CCSC(C)(CO)C2. The summed E-state index contributed by atoms with van der Waals surface area (Å²) in [6.45, 7) is 2.90. The van der Waals surface area contributed by atoms with Crippen LogP contribution in [0.25, 0.3) is 22.5 Å². The molecule has 0 aliphatic carbocycles. The van der Waals surface area contributed by atoms with E-state index in [4.69, 9.17) is 16.3 Å². The summed E-state index contributed by atoms with van der Waals surface area (Å²) in [6, 6.07) is 10.4. The number of rotatable bonds is 4. The molecule has 2 heterocycles. The third-order valence-electron chi connectivity index (χ3n) is 5.15. The van der Waals surface area contributed by atoms with E-state index in [-0.39, 0.29) is 16.4 Å². The molecule has 5 nitrogen and oxygen atoms in total. The number of ether oxygens (including phenoxy) is 1. The van der Waals surface area contributed by atoms with Crippen LogP contribution in [0.5, 0.6) is 5.75 Å². The van der Waals surface area contributed by atoms with Crippen molar-refractivity contribution >= 4 is 23.4 Å². The lowest BCUT2D eigenvalue weighted by molar-refractivity contribution is 0.254. The number of aliphatic hydroxyl groups is 1. The second-order valence-electron chi connectivity index (χ2n) is 7.27. The summed E-state index contributed by atoms with van der Waals surface area (Å²) in [5.74, 6) is 2.67. The Morgan fingerprint density at radius 3 is 2.72 bits per heavy atom. The van der Waals surface area contributed by atoms with Crippen molar-refractivity contribution in [2.75, 3.05) is 19.5 Å². The Hall–Kier alpha value is -2.09. The Morgan fingerprint density at radius 2 is 2.00 bits per heavy atom. The lowest BCUT2D eigenvalue weighted by Crippen LogP contribution is -2.28. The van der Waals surface area contributed by atoms with Gasteiger partial charge in [0.15, 0.2) is 5.82 Å². The number of hydrogen-bond acceptors (Lipinski definition) is 5. The number of aromatic nitrogens is 3. The summed E-state index contributed by atoms with van der Waals surface area (Å²) >= 11 is 7.68. The number of hydrogen-bond donors (Lipinski definition) is 1. The first-order valence-corrected chi connectivity index (χ1v) is 10.6. The van der Waals surface area contributed by atoms with Crippen LogP contribution in [0, 0.1) is 5.82 Å². The third kappa shape index (κ3) is 3.86. The predicted molar refractivity (Wildman–Crippen MR) is 114 cm³/mol. The highest BCUT2D eigenvalue weighted by Crippen LogP contribution is 2.37. The van der Waals surface area contributed by atoms with Gasteiger partial charge < -0.3 is 14.4 Å². The van der Waals surface area contributed by atoms with Gasteiger partial charge in [-0.15, -0.1) is 10.2 Å². The molecule has 0 fully saturated rings. The van der Waals surface area contributed by atoms with E-state index >= 15 is 0 Å². The smallest absolute Gasteiger partial charge is 0.167 e. The molecule has 1 aliphatic heterocycles. The van der Waals surface area contributed by atoms with Crippen molar-refractivity contribution < 1.29 is 14.2 Å². The van der Waals surface area contributed by atoms with Gasteiger partial charge in [0.1, 0.15) is 17.4 Å². The van der Waals surface area contributed by atoms with Gasteiger partial charge >= 0.3 is 0 Å². The molecule has 1 aliphatic rings. The number of thioether (sulfide) groups is 1. The lowest BCUT2D eigenvalue weighted by atomic mass is 10.0. The maximum Gasteiger partial charge on any atom is 0.167 e. The zero-order chi connectivity index (χ0) is 20.6. The summed E-state index contributed by atoms with van der Waals surface area (Å²) in [6.07, 6.45) is 0.648. The zero-order valence-electron chi connectivity index (χ0n) is 16.2. The van der Waals surface area contributed by atoms with Crippen molar-refractivity contribution in [3.8, 4) is 28.3 Å². The summed E-state index contributed by atoms with van der Waals surface area (Å²) in [5, 5.41) is 18.6. The molecule has 29 heavy (non-hydrogen) atoms. The minimum absolute atomic E-state index is 0.0813. The maximum atomic E-state index is 13.5. The Kier molecular flexibility index (Phi) is 5.55. The molecule has 3 aromatic rings.